The summed E-state index contributed by atoms with van der Waals surface area (Å²) in [5, 5.41) is 4.10. The summed E-state index contributed by atoms with van der Waals surface area (Å²) in [6.45, 7) is 6.01. The molecule has 1 aliphatic heterocycles. The van der Waals surface area contributed by atoms with Crippen molar-refractivity contribution in [3.8, 4) is 0 Å². The van der Waals surface area contributed by atoms with Crippen LogP contribution in [0, 0.1) is 0 Å². The van der Waals surface area contributed by atoms with Gasteiger partial charge in [0.2, 0.25) is 11.8 Å². The molecule has 6 nitrogen and oxygen atoms in total. The second-order valence-electron chi connectivity index (χ2n) is 6.45. The SMILES string of the molecule is CCC(=O)N1CCCN(Cc2nc(CCc3ccccc3)no2)CC1. The Hall–Kier alpha value is -2.21. The van der Waals surface area contributed by atoms with Gasteiger partial charge in [-0.25, -0.2) is 0 Å². The molecule has 0 saturated carbocycles. The lowest BCUT2D eigenvalue weighted by Gasteiger charge is -2.20. The van der Waals surface area contributed by atoms with E-state index in [0.717, 1.165) is 51.3 Å². The molecule has 1 aromatic carbocycles. The first-order valence-corrected chi connectivity index (χ1v) is 9.10. The van der Waals surface area contributed by atoms with Crippen LogP contribution >= 0.6 is 0 Å². The van der Waals surface area contributed by atoms with Gasteiger partial charge in [0.05, 0.1) is 6.54 Å². The molecular weight excluding hydrogens is 316 g/mol. The molecule has 6 heteroatoms. The van der Waals surface area contributed by atoms with Gasteiger partial charge in [0, 0.05) is 39.0 Å². The van der Waals surface area contributed by atoms with Gasteiger partial charge in [-0.2, -0.15) is 4.98 Å². The van der Waals surface area contributed by atoms with Gasteiger partial charge >= 0.3 is 0 Å². The van der Waals surface area contributed by atoms with E-state index in [-0.39, 0.29) is 5.91 Å². The van der Waals surface area contributed by atoms with Crippen LogP contribution in [0.2, 0.25) is 0 Å². The number of hydrogen-bond donors (Lipinski definition) is 0. The summed E-state index contributed by atoms with van der Waals surface area (Å²) in [6, 6.07) is 10.3. The topological polar surface area (TPSA) is 62.5 Å². The van der Waals surface area contributed by atoms with Crippen molar-refractivity contribution in [3.63, 3.8) is 0 Å². The summed E-state index contributed by atoms with van der Waals surface area (Å²) < 4.78 is 5.41. The van der Waals surface area contributed by atoms with Crippen molar-refractivity contribution in [3.05, 3.63) is 47.6 Å². The van der Waals surface area contributed by atoms with Crippen LogP contribution in [0.15, 0.2) is 34.9 Å². The fourth-order valence-electron chi connectivity index (χ4n) is 3.15. The largest absolute Gasteiger partial charge is 0.341 e. The number of nitrogens with zero attached hydrogens (tertiary/aromatic N) is 4. The van der Waals surface area contributed by atoms with Crippen molar-refractivity contribution in [2.75, 3.05) is 26.2 Å². The fourth-order valence-corrected chi connectivity index (χ4v) is 3.15. The second-order valence-corrected chi connectivity index (χ2v) is 6.45. The first-order chi connectivity index (χ1) is 12.2. The van der Waals surface area contributed by atoms with Gasteiger partial charge in [-0.15, -0.1) is 0 Å². The Labute approximate surface area is 148 Å². The quantitative estimate of drug-likeness (QED) is 0.806. The minimum absolute atomic E-state index is 0.239. The zero-order valence-electron chi connectivity index (χ0n) is 14.9. The second kappa shape index (κ2) is 8.76. The minimum atomic E-state index is 0.239. The summed E-state index contributed by atoms with van der Waals surface area (Å²) in [7, 11) is 0. The van der Waals surface area contributed by atoms with Gasteiger partial charge in [-0.05, 0) is 18.4 Å². The summed E-state index contributed by atoms with van der Waals surface area (Å²) in [5.74, 6) is 1.66. The Morgan fingerprint density at radius 1 is 1.12 bits per heavy atom. The zero-order chi connectivity index (χ0) is 17.5. The van der Waals surface area contributed by atoms with E-state index in [0.29, 0.717) is 18.9 Å². The van der Waals surface area contributed by atoms with Crippen molar-refractivity contribution in [2.45, 2.75) is 39.2 Å². The van der Waals surface area contributed by atoms with Crippen molar-refractivity contribution < 1.29 is 9.32 Å². The average molecular weight is 342 g/mol. The molecule has 1 aliphatic rings. The molecule has 0 aliphatic carbocycles. The smallest absolute Gasteiger partial charge is 0.240 e. The van der Waals surface area contributed by atoms with Crippen LogP contribution in [0.5, 0.6) is 0 Å². The normalized spacial score (nSPS) is 16.0. The van der Waals surface area contributed by atoms with E-state index >= 15 is 0 Å². The van der Waals surface area contributed by atoms with Crippen LogP contribution in [0.4, 0.5) is 0 Å². The maximum Gasteiger partial charge on any atom is 0.240 e. The third-order valence-corrected chi connectivity index (χ3v) is 4.59. The van der Waals surface area contributed by atoms with E-state index < -0.39 is 0 Å². The maximum absolute atomic E-state index is 11.8. The van der Waals surface area contributed by atoms with E-state index in [1.54, 1.807) is 0 Å². The summed E-state index contributed by atoms with van der Waals surface area (Å²) >= 11 is 0. The van der Waals surface area contributed by atoms with E-state index in [1.165, 1.54) is 5.56 Å². The molecule has 1 saturated heterocycles. The standard InChI is InChI=1S/C19H26N4O2/c1-2-19(24)23-12-6-11-22(13-14-23)15-18-20-17(21-25-18)10-9-16-7-4-3-5-8-16/h3-5,7-8H,2,6,9-15H2,1H3. The molecule has 1 amide bonds. The molecule has 0 atom stereocenters. The Morgan fingerprint density at radius 2 is 1.96 bits per heavy atom. The van der Waals surface area contributed by atoms with Crippen LogP contribution in [0.3, 0.4) is 0 Å². The molecule has 3 rings (SSSR count). The Morgan fingerprint density at radius 3 is 2.76 bits per heavy atom. The molecular formula is C19H26N4O2. The number of benzene rings is 1. The Balaban J connectivity index is 1.48. The number of rotatable bonds is 6. The molecule has 0 spiro atoms. The third kappa shape index (κ3) is 5.13. The van der Waals surface area contributed by atoms with Crippen molar-refractivity contribution in [1.29, 1.82) is 0 Å². The van der Waals surface area contributed by atoms with Crippen LogP contribution in [-0.4, -0.2) is 52.0 Å². The van der Waals surface area contributed by atoms with Gasteiger partial charge < -0.3 is 9.42 Å². The van der Waals surface area contributed by atoms with Gasteiger partial charge in [0.25, 0.3) is 0 Å². The molecule has 2 aromatic rings. The van der Waals surface area contributed by atoms with Crippen molar-refractivity contribution in [1.82, 2.24) is 19.9 Å². The summed E-state index contributed by atoms with van der Waals surface area (Å²) in [4.78, 5) is 20.6. The highest BCUT2D eigenvalue weighted by Gasteiger charge is 2.19. The number of amides is 1. The van der Waals surface area contributed by atoms with Crippen LogP contribution in [-0.2, 0) is 24.2 Å². The van der Waals surface area contributed by atoms with E-state index in [1.807, 2.05) is 30.0 Å². The van der Waals surface area contributed by atoms with Gasteiger partial charge in [-0.3, -0.25) is 9.69 Å². The van der Waals surface area contributed by atoms with Crippen molar-refractivity contribution >= 4 is 5.91 Å². The molecule has 134 valence electrons. The lowest BCUT2D eigenvalue weighted by Crippen LogP contribution is -2.34. The molecule has 25 heavy (non-hydrogen) atoms. The number of aryl methyl sites for hydroxylation is 2. The molecule has 1 aromatic heterocycles. The van der Waals surface area contributed by atoms with Gasteiger partial charge in [0.15, 0.2) is 5.82 Å². The summed E-state index contributed by atoms with van der Waals surface area (Å²) in [5.41, 5.74) is 1.28. The molecule has 0 unspecified atom stereocenters. The number of carbonyl (C=O) groups excluding carboxylic acids is 1. The van der Waals surface area contributed by atoms with E-state index in [9.17, 15) is 4.79 Å². The van der Waals surface area contributed by atoms with Gasteiger partial charge in [0.1, 0.15) is 0 Å². The first-order valence-electron chi connectivity index (χ1n) is 9.10. The first kappa shape index (κ1) is 17.6. The number of hydrogen-bond acceptors (Lipinski definition) is 5. The lowest BCUT2D eigenvalue weighted by molar-refractivity contribution is -0.130. The van der Waals surface area contributed by atoms with Gasteiger partial charge in [-0.1, -0.05) is 42.4 Å². The highest BCUT2D eigenvalue weighted by molar-refractivity contribution is 5.75. The minimum Gasteiger partial charge on any atom is -0.341 e. The highest BCUT2D eigenvalue weighted by Crippen LogP contribution is 2.10. The van der Waals surface area contributed by atoms with Crippen LogP contribution in [0.1, 0.15) is 37.0 Å². The molecule has 0 N–H and O–H groups in total. The Bertz CT molecular complexity index is 671. The monoisotopic (exact) mass is 342 g/mol. The Kier molecular flexibility index (Phi) is 6.17. The summed E-state index contributed by atoms with van der Waals surface area (Å²) in [6.07, 6.45) is 3.26. The van der Waals surface area contributed by atoms with Crippen molar-refractivity contribution in [2.24, 2.45) is 0 Å². The third-order valence-electron chi connectivity index (χ3n) is 4.59. The van der Waals surface area contributed by atoms with Crippen LogP contribution in [0.25, 0.3) is 0 Å². The number of aromatic nitrogens is 2. The number of carbonyl (C=O) groups is 1. The molecule has 2 heterocycles. The van der Waals surface area contributed by atoms with Crippen LogP contribution < -0.4 is 0 Å². The predicted molar refractivity (Wildman–Crippen MR) is 94.9 cm³/mol. The maximum atomic E-state index is 11.8. The zero-order valence-corrected chi connectivity index (χ0v) is 14.9. The average Bonchev–Trinajstić information content (AvgIpc) is 2.96. The molecule has 0 radical (unpaired) electrons. The van der Waals surface area contributed by atoms with E-state index in [4.69, 9.17) is 4.52 Å². The molecule has 1 fully saturated rings. The molecule has 0 bridgehead atoms. The fraction of sp³-hybridized carbons (Fsp3) is 0.526. The predicted octanol–water partition coefficient (Wildman–Crippen LogP) is 2.30. The highest BCUT2D eigenvalue weighted by atomic mass is 16.5. The van der Waals surface area contributed by atoms with E-state index in [2.05, 4.69) is 27.2 Å². The lowest BCUT2D eigenvalue weighted by atomic mass is 10.1.